The van der Waals surface area contributed by atoms with Crippen molar-refractivity contribution in [2.45, 2.75) is 89.0 Å². The van der Waals surface area contributed by atoms with E-state index < -0.39 is 21.0 Å². The average molecular weight is 428 g/mol. The fraction of sp³-hybridized carbons (Fsp3) is 0.619. The van der Waals surface area contributed by atoms with Gasteiger partial charge in [-0.2, -0.15) is 8.42 Å². The lowest BCUT2D eigenvalue weighted by Gasteiger charge is -2.14. The lowest BCUT2D eigenvalue weighted by atomic mass is 10.1. The molecule has 164 valence electrons. The topological polar surface area (TPSA) is 110 Å². The number of nitrogens with one attached hydrogen (secondary N) is 1. The van der Waals surface area contributed by atoms with Crippen molar-refractivity contribution in [2.24, 2.45) is 0 Å². The smallest absolute Gasteiger partial charge is 0.311 e. The van der Waals surface area contributed by atoms with Gasteiger partial charge in [0.15, 0.2) is 5.75 Å². The maximum Gasteiger partial charge on any atom is 0.311 e. The SMILES string of the molecule is CCCCCCCCC(=O)NC(C)CCCC(=O)Oc1ccccc1S(=O)(=O)O. The predicted molar refractivity (Wildman–Crippen MR) is 111 cm³/mol. The summed E-state index contributed by atoms with van der Waals surface area (Å²) in [5.74, 6) is -0.760. The fourth-order valence-electron chi connectivity index (χ4n) is 2.96. The molecule has 2 N–H and O–H groups in total. The molecular weight excluding hydrogens is 394 g/mol. The van der Waals surface area contributed by atoms with Crippen LogP contribution in [0, 0.1) is 0 Å². The van der Waals surface area contributed by atoms with E-state index in [1.807, 2.05) is 6.92 Å². The highest BCUT2D eigenvalue weighted by molar-refractivity contribution is 7.86. The highest BCUT2D eigenvalue weighted by atomic mass is 32.2. The van der Waals surface area contributed by atoms with E-state index in [4.69, 9.17) is 4.74 Å². The third-order valence-electron chi connectivity index (χ3n) is 4.53. The number of hydrogen-bond donors (Lipinski definition) is 2. The monoisotopic (exact) mass is 427 g/mol. The molecule has 29 heavy (non-hydrogen) atoms. The maximum atomic E-state index is 12.0. The molecule has 1 rings (SSSR count). The van der Waals surface area contributed by atoms with Crippen LogP contribution >= 0.6 is 0 Å². The lowest BCUT2D eigenvalue weighted by molar-refractivity contribution is -0.134. The molecular formula is C21H33NO6S. The third-order valence-corrected chi connectivity index (χ3v) is 5.43. The molecule has 0 aliphatic rings. The molecule has 0 saturated heterocycles. The zero-order valence-corrected chi connectivity index (χ0v) is 18.2. The number of rotatable bonds is 14. The molecule has 1 unspecified atom stereocenters. The normalized spacial score (nSPS) is 12.4. The second-order valence-electron chi connectivity index (χ2n) is 7.27. The minimum atomic E-state index is -4.47. The van der Waals surface area contributed by atoms with Gasteiger partial charge in [-0.3, -0.25) is 14.1 Å². The molecule has 1 aromatic carbocycles. The van der Waals surface area contributed by atoms with Gasteiger partial charge in [-0.05, 0) is 38.3 Å². The van der Waals surface area contributed by atoms with Gasteiger partial charge in [-0.15, -0.1) is 0 Å². The number of hydrogen-bond acceptors (Lipinski definition) is 5. The van der Waals surface area contributed by atoms with Gasteiger partial charge in [0.2, 0.25) is 5.91 Å². The Bertz CT molecular complexity index is 747. The zero-order valence-electron chi connectivity index (χ0n) is 17.4. The first-order valence-corrected chi connectivity index (χ1v) is 11.7. The molecule has 1 atom stereocenters. The van der Waals surface area contributed by atoms with E-state index in [-0.39, 0.29) is 24.1 Å². The van der Waals surface area contributed by atoms with Crippen LogP contribution in [0.5, 0.6) is 5.75 Å². The number of esters is 1. The summed E-state index contributed by atoms with van der Waals surface area (Å²) >= 11 is 0. The summed E-state index contributed by atoms with van der Waals surface area (Å²) in [6.07, 6.45) is 8.50. The number of carbonyl (C=O) groups excluding carboxylic acids is 2. The zero-order chi connectivity index (χ0) is 21.7. The first-order valence-electron chi connectivity index (χ1n) is 10.3. The Morgan fingerprint density at radius 1 is 1.03 bits per heavy atom. The fourth-order valence-corrected chi connectivity index (χ4v) is 3.57. The van der Waals surface area contributed by atoms with Crippen LogP contribution in [-0.4, -0.2) is 30.9 Å². The van der Waals surface area contributed by atoms with E-state index >= 15 is 0 Å². The molecule has 1 amide bonds. The van der Waals surface area contributed by atoms with E-state index in [9.17, 15) is 22.6 Å². The standard InChI is InChI=1S/C21H33NO6S/c1-3-4-5-6-7-8-15-20(23)22-17(2)12-11-16-21(24)28-18-13-9-10-14-19(18)29(25,26)27/h9-10,13-14,17H,3-8,11-12,15-16H2,1-2H3,(H,22,23)(H,25,26,27). The molecule has 7 nitrogen and oxygen atoms in total. The molecule has 0 saturated carbocycles. The minimum Gasteiger partial charge on any atom is -0.425 e. The third kappa shape index (κ3) is 11.0. The van der Waals surface area contributed by atoms with Crippen LogP contribution in [0.2, 0.25) is 0 Å². The molecule has 0 bridgehead atoms. The predicted octanol–water partition coefficient (Wildman–Crippen LogP) is 4.26. The Morgan fingerprint density at radius 2 is 1.69 bits per heavy atom. The van der Waals surface area contributed by atoms with Crippen LogP contribution in [-0.2, 0) is 19.7 Å². The van der Waals surface area contributed by atoms with Crippen LogP contribution in [0.15, 0.2) is 29.2 Å². The molecule has 0 radical (unpaired) electrons. The summed E-state index contributed by atoms with van der Waals surface area (Å²) in [6.45, 7) is 4.06. The Morgan fingerprint density at radius 3 is 2.38 bits per heavy atom. The van der Waals surface area contributed by atoms with E-state index in [1.54, 1.807) is 0 Å². The van der Waals surface area contributed by atoms with Crippen LogP contribution < -0.4 is 10.1 Å². The Labute approximate surface area is 174 Å². The summed E-state index contributed by atoms with van der Waals surface area (Å²) in [4.78, 5) is 23.4. The van der Waals surface area contributed by atoms with Crippen molar-refractivity contribution in [3.8, 4) is 5.75 Å². The quantitative estimate of drug-likeness (QED) is 0.199. The molecule has 0 aromatic heterocycles. The first kappa shape index (κ1) is 25.1. The number of unbranched alkanes of at least 4 members (excludes halogenated alkanes) is 5. The number of ether oxygens (including phenoxy) is 1. The van der Waals surface area contributed by atoms with Crippen molar-refractivity contribution in [2.75, 3.05) is 0 Å². The molecule has 0 fully saturated rings. The summed E-state index contributed by atoms with van der Waals surface area (Å²) in [5.41, 5.74) is 0. The lowest BCUT2D eigenvalue weighted by Crippen LogP contribution is -2.32. The van der Waals surface area contributed by atoms with Crippen molar-refractivity contribution < 1.29 is 27.3 Å². The highest BCUT2D eigenvalue weighted by Gasteiger charge is 2.18. The van der Waals surface area contributed by atoms with Crippen LogP contribution in [0.4, 0.5) is 0 Å². The maximum absolute atomic E-state index is 12.0. The van der Waals surface area contributed by atoms with Gasteiger partial charge >= 0.3 is 5.97 Å². The second-order valence-corrected chi connectivity index (χ2v) is 8.66. The second kappa shape index (κ2) is 13.3. The van der Waals surface area contributed by atoms with Gasteiger partial charge in [-0.1, -0.05) is 51.2 Å². The van der Waals surface area contributed by atoms with Gasteiger partial charge in [-0.25, -0.2) is 0 Å². The minimum absolute atomic E-state index is 0.0256. The van der Waals surface area contributed by atoms with Gasteiger partial charge < -0.3 is 10.1 Å². The number of para-hydroxylation sites is 1. The molecule has 8 heteroatoms. The summed E-state index contributed by atoms with van der Waals surface area (Å²) in [6, 6.07) is 5.36. The molecule has 1 aromatic rings. The van der Waals surface area contributed by atoms with Crippen LogP contribution in [0.1, 0.15) is 78.1 Å². The van der Waals surface area contributed by atoms with Crippen molar-refractivity contribution in [1.82, 2.24) is 5.32 Å². The van der Waals surface area contributed by atoms with E-state index in [1.165, 1.54) is 49.9 Å². The summed E-state index contributed by atoms with van der Waals surface area (Å²) in [7, 11) is -4.47. The Hall–Kier alpha value is -1.93. The van der Waals surface area contributed by atoms with Crippen molar-refractivity contribution in [1.29, 1.82) is 0 Å². The van der Waals surface area contributed by atoms with Crippen molar-refractivity contribution in [3.63, 3.8) is 0 Å². The average Bonchev–Trinajstić information content (AvgIpc) is 2.64. The number of carbonyl (C=O) groups is 2. The summed E-state index contributed by atoms with van der Waals surface area (Å²) < 4.78 is 36.8. The van der Waals surface area contributed by atoms with Gasteiger partial charge in [0.1, 0.15) is 4.90 Å². The molecule has 0 aliphatic heterocycles. The number of benzene rings is 1. The van der Waals surface area contributed by atoms with Crippen LogP contribution in [0.25, 0.3) is 0 Å². The van der Waals surface area contributed by atoms with Gasteiger partial charge in [0.05, 0.1) is 0 Å². The van der Waals surface area contributed by atoms with Crippen LogP contribution in [0.3, 0.4) is 0 Å². The van der Waals surface area contributed by atoms with E-state index in [2.05, 4.69) is 12.2 Å². The highest BCUT2D eigenvalue weighted by Crippen LogP contribution is 2.23. The Kier molecular flexibility index (Phi) is 11.5. The Balaban J connectivity index is 2.26. The van der Waals surface area contributed by atoms with Crippen molar-refractivity contribution >= 4 is 22.0 Å². The van der Waals surface area contributed by atoms with E-state index in [0.717, 1.165) is 12.8 Å². The molecule has 0 aliphatic carbocycles. The summed E-state index contributed by atoms with van der Waals surface area (Å²) in [5, 5.41) is 2.93. The largest absolute Gasteiger partial charge is 0.425 e. The molecule has 0 heterocycles. The first-order chi connectivity index (χ1) is 13.7. The van der Waals surface area contributed by atoms with Gasteiger partial charge in [0, 0.05) is 18.9 Å². The van der Waals surface area contributed by atoms with Gasteiger partial charge in [0.25, 0.3) is 10.1 Å². The van der Waals surface area contributed by atoms with E-state index in [0.29, 0.717) is 19.3 Å². The van der Waals surface area contributed by atoms with Crippen molar-refractivity contribution in [3.05, 3.63) is 24.3 Å². The molecule has 0 spiro atoms. The number of amides is 1.